The molecule has 1 fully saturated rings. The number of nitrogen functional groups attached to an aromatic ring is 1. The average Bonchev–Trinajstić information content (AvgIpc) is 3.32. The van der Waals surface area contributed by atoms with Crippen molar-refractivity contribution in [2.24, 2.45) is 0 Å². The lowest BCUT2D eigenvalue weighted by atomic mass is 10.0. The number of nitrogens with zero attached hydrogens (tertiary/aromatic N) is 7. The van der Waals surface area contributed by atoms with Gasteiger partial charge in [-0.15, -0.1) is 5.10 Å². The summed E-state index contributed by atoms with van der Waals surface area (Å²) in [6, 6.07) is 5.13. The third-order valence-corrected chi connectivity index (χ3v) is 6.12. The summed E-state index contributed by atoms with van der Waals surface area (Å²) in [5, 5.41) is 7.83. The molecule has 0 amide bonds. The Hall–Kier alpha value is -3.83. The number of nitrogens with two attached hydrogens (primary N) is 1. The second-order valence-electron chi connectivity index (χ2n) is 8.49. The molecule has 1 atom stereocenters. The largest absolute Gasteiger partial charge is 0.406 e. The van der Waals surface area contributed by atoms with Crippen molar-refractivity contribution in [2.45, 2.75) is 38.5 Å². The predicted octanol–water partition coefficient (Wildman–Crippen LogP) is 3.61. The van der Waals surface area contributed by atoms with Crippen LogP contribution in [-0.4, -0.2) is 59.8 Å². The number of likely N-dealkylation sites (N-methyl/N-ethyl adjacent to an activating group) is 1. The van der Waals surface area contributed by atoms with E-state index in [1.807, 2.05) is 7.05 Å². The maximum Gasteiger partial charge on any atom is 0.406 e. The van der Waals surface area contributed by atoms with Crippen molar-refractivity contribution in [1.82, 2.24) is 34.0 Å². The lowest BCUT2D eigenvalue weighted by molar-refractivity contribution is -0.140. The van der Waals surface area contributed by atoms with Crippen LogP contribution < -0.4 is 11.1 Å². The van der Waals surface area contributed by atoms with Gasteiger partial charge in [-0.05, 0) is 38.0 Å². The van der Waals surface area contributed by atoms with E-state index in [0.717, 1.165) is 29.7 Å². The van der Waals surface area contributed by atoms with Crippen LogP contribution in [0, 0.1) is 6.92 Å². The number of aromatic nitrogens is 6. The van der Waals surface area contributed by atoms with Crippen molar-refractivity contribution in [3.8, 4) is 11.3 Å². The zero-order chi connectivity index (χ0) is 24.2. The lowest BCUT2D eigenvalue weighted by Gasteiger charge is -2.34. The zero-order valence-corrected chi connectivity index (χ0v) is 18.8. The second-order valence-corrected chi connectivity index (χ2v) is 8.49. The topological polar surface area (TPSA) is 102 Å². The van der Waals surface area contributed by atoms with Gasteiger partial charge in [-0.1, -0.05) is 6.58 Å². The number of hydrogen-bond donors (Lipinski definition) is 2. The first-order valence-corrected chi connectivity index (χ1v) is 10.8. The van der Waals surface area contributed by atoms with E-state index in [9.17, 15) is 13.2 Å². The summed E-state index contributed by atoms with van der Waals surface area (Å²) in [6.45, 7) is 5.46. The lowest BCUT2D eigenvalue weighted by Crippen LogP contribution is -2.37. The zero-order valence-electron chi connectivity index (χ0n) is 18.8. The number of fused-ring (bicyclic) bond motifs is 2. The third kappa shape index (κ3) is 3.88. The normalized spacial score (nSPS) is 17.1. The van der Waals surface area contributed by atoms with Gasteiger partial charge in [0, 0.05) is 31.0 Å². The number of nitrogens with one attached hydrogen (secondary N) is 1. The van der Waals surface area contributed by atoms with Gasteiger partial charge in [-0.25, -0.2) is 14.5 Å². The van der Waals surface area contributed by atoms with Crippen LogP contribution in [-0.2, 0) is 6.54 Å². The van der Waals surface area contributed by atoms with E-state index in [1.54, 1.807) is 28.9 Å². The Morgan fingerprint density at radius 3 is 2.76 bits per heavy atom. The van der Waals surface area contributed by atoms with Gasteiger partial charge in [0.15, 0.2) is 11.5 Å². The number of rotatable bonds is 4. The molecule has 0 aromatic carbocycles. The highest BCUT2D eigenvalue weighted by Crippen LogP contribution is 2.30. The van der Waals surface area contributed by atoms with E-state index < -0.39 is 12.7 Å². The highest BCUT2D eigenvalue weighted by Gasteiger charge is 2.30. The number of likely N-dealkylation sites (tertiary alicyclic amines) is 1. The van der Waals surface area contributed by atoms with Crippen LogP contribution in [0.1, 0.15) is 18.7 Å². The van der Waals surface area contributed by atoms with Crippen LogP contribution in [0.3, 0.4) is 0 Å². The molecule has 0 aliphatic carbocycles. The molecule has 0 radical (unpaired) electrons. The maximum atomic E-state index is 13.1. The number of hydrogen-bond acceptors (Lipinski definition) is 7. The molecule has 1 aliphatic rings. The number of anilines is 2. The number of piperidine rings is 1. The van der Waals surface area contributed by atoms with Gasteiger partial charge in [0.25, 0.3) is 0 Å². The SMILES string of the molecule is C=C1[C@@H](Nc2nc(N)c3c(-c4ccc5nc(C)n(CC(F)(F)F)c5n4)ccn3n2)CCCN1C. The van der Waals surface area contributed by atoms with Crippen molar-refractivity contribution in [1.29, 1.82) is 0 Å². The van der Waals surface area contributed by atoms with Crippen molar-refractivity contribution in [3.63, 3.8) is 0 Å². The fraction of sp³-hybridized carbons (Fsp3) is 0.364. The summed E-state index contributed by atoms with van der Waals surface area (Å²) in [5.74, 6) is 0.845. The molecule has 5 rings (SSSR count). The van der Waals surface area contributed by atoms with Gasteiger partial charge in [0.1, 0.15) is 23.4 Å². The molecule has 5 heterocycles. The smallest absolute Gasteiger partial charge is 0.382 e. The molecule has 9 nitrogen and oxygen atoms in total. The fourth-order valence-corrected chi connectivity index (χ4v) is 4.37. The van der Waals surface area contributed by atoms with Crippen LogP contribution in [0.15, 0.2) is 36.7 Å². The summed E-state index contributed by atoms with van der Waals surface area (Å²) in [7, 11) is 2.00. The molecule has 0 saturated carbocycles. The molecule has 1 saturated heterocycles. The summed E-state index contributed by atoms with van der Waals surface area (Å²) < 4.78 is 41.9. The molecular formula is C22H24F3N9. The first-order chi connectivity index (χ1) is 16.1. The van der Waals surface area contributed by atoms with Gasteiger partial charge in [0.05, 0.1) is 11.7 Å². The minimum absolute atomic E-state index is 0.00636. The molecule has 4 aromatic rings. The Labute approximate surface area is 193 Å². The highest BCUT2D eigenvalue weighted by atomic mass is 19.4. The quantitative estimate of drug-likeness (QED) is 0.469. The van der Waals surface area contributed by atoms with E-state index in [1.165, 1.54) is 6.92 Å². The fourth-order valence-electron chi connectivity index (χ4n) is 4.37. The summed E-state index contributed by atoms with van der Waals surface area (Å²) in [4.78, 5) is 15.2. The number of alkyl halides is 3. The molecular weight excluding hydrogens is 447 g/mol. The van der Waals surface area contributed by atoms with Gasteiger partial charge < -0.3 is 20.5 Å². The second kappa shape index (κ2) is 7.89. The molecule has 12 heteroatoms. The van der Waals surface area contributed by atoms with Crippen LogP contribution in [0.5, 0.6) is 0 Å². The number of halogens is 3. The first kappa shape index (κ1) is 22.0. The number of aryl methyl sites for hydroxylation is 1. The van der Waals surface area contributed by atoms with Crippen molar-refractivity contribution in [2.75, 3.05) is 24.6 Å². The third-order valence-electron chi connectivity index (χ3n) is 6.12. The Balaban J connectivity index is 1.52. The number of pyridine rings is 1. The Kier molecular flexibility index (Phi) is 5.10. The molecule has 34 heavy (non-hydrogen) atoms. The van der Waals surface area contributed by atoms with Crippen LogP contribution in [0.4, 0.5) is 24.9 Å². The molecule has 0 bridgehead atoms. The molecule has 178 valence electrons. The average molecular weight is 471 g/mol. The van der Waals surface area contributed by atoms with Crippen molar-refractivity contribution >= 4 is 28.4 Å². The van der Waals surface area contributed by atoms with E-state index in [4.69, 9.17) is 5.73 Å². The first-order valence-electron chi connectivity index (χ1n) is 10.8. The Morgan fingerprint density at radius 1 is 1.21 bits per heavy atom. The van der Waals surface area contributed by atoms with Gasteiger partial charge in [0.2, 0.25) is 5.95 Å². The van der Waals surface area contributed by atoms with Gasteiger partial charge in [-0.2, -0.15) is 18.2 Å². The molecule has 0 spiro atoms. The monoisotopic (exact) mass is 471 g/mol. The summed E-state index contributed by atoms with van der Waals surface area (Å²) >= 11 is 0. The van der Waals surface area contributed by atoms with Crippen LogP contribution in [0.2, 0.25) is 0 Å². The van der Waals surface area contributed by atoms with Gasteiger partial charge >= 0.3 is 6.18 Å². The standard InChI is InChI=1S/C22H24F3N9/c1-12-15(5-4-9-32(12)3)29-21-30-19(26)18-14(8-10-34(18)31-21)16-6-7-17-20(28-16)33(13(2)27-17)11-22(23,24)25/h6-8,10,15H,1,4-5,9,11H2,2-3H3,(H3,26,29,30,31)/t15-/m0/s1. The molecule has 3 N–H and O–H groups in total. The van der Waals surface area contributed by atoms with E-state index >= 15 is 0 Å². The van der Waals surface area contributed by atoms with Crippen LogP contribution >= 0.6 is 0 Å². The van der Waals surface area contributed by atoms with Gasteiger partial charge in [-0.3, -0.25) is 0 Å². The van der Waals surface area contributed by atoms with E-state index in [0.29, 0.717) is 28.2 Å². The van der Waals surface area contributed by atoms with Crippen molar-refractivity contribution < 1.29 is 13.2 Å². The predicted molar refractivity (Wildman–Crippen MR) is 123 cm³/mol. The molecule has 0 unspecified atom stereocenters. The molecule has 1 aliphatic heterocycles. The van der Waals surface area contributed by atoms with E-state index in [-0.39, 0.29) is 23.3 Å². The van der Waals surface area contributed by atoms with E-state index in [2.05, 4.69) is 36.8 Å². The molecule has 4 aromatic heterocycles. The summed E-state index contributed by atoms with van der Waals surface area (Å²) in [5.41, 5.74) is 9.40. The Morgan fingerprint density at radius 2 is 2.00 bits per heavy atom. The summed E-state index contributed by atoms with van der Waals surface area (Å²) in [6.07, 6.45) is -0.730. The maximum absolute atomic E-state index is 13.1. The van der Waals surface area contributed by atoms with Crippen molar-refractivity contribution in [3.05, 3.63) is 42.5 Å². The minimum Gasteiger partial charge on any atom is -0.382 e. The highest BCUT2D eigenvalue weighted by molar-refractivity contribution is 5.88. The van der Waals surface area contributed by atoms with Crippen LogP contribution in [0.25, 0.3) is 27.9 Å². The number of imidazole rings is 1. The minimum atomic E-state index is -4.39. The Bertz CT molecular complexity index is 1400.